The molecule has 2 N–H and O–H groups in total. The van der Waals surface area contributed by atoms with Crippen molar-refractivity contribution in [3.8, 4) is 5.75 Å². The van der Waals surface area contributed by atoms with Crippen molar-refractivity contribution >= 4 is 10.9 Å². The minimum absolute atomic E-state index is 0.180. The third kappa shape index (κ3) is 1.70. The Bertz CT molecular complexity index is 474. The number of benzene rings is 1. The molecule has 0 aliphatic rings. The fraction of sp³-hybridized carbons (Fsp3) is 0.333. The second kappa shape index (κ2) is 3.95. The molecule has 0 saturated heterocycles. The van der Waals surface area contributed by atoms with E-state index in [0.717, 1.165) is 17.0 Å². The molecule has 1 aromatic heterocycles. The third-order valence-corrected chi connectivity index (χ3v) is 2.69. The Balaban J connectivity index is 2.58. The molecule has 2 rings (SSSR count). The van der Waals surface area contributed by atoms with Crippen LogP contribution in [0.5, 0.6) is 5.75 Å². The first-order valence-corrected chi connectivity index (χ1v) is 5.02. The van der Waals surface area contributed by atoms with Crippen molar-refractivity contribution in [2.75, 3.05) is 13.7 Å². The fourth-order valence-corrected chi connectivity index (χ4v) is 1.93. The largest absolute Gasteiger partial charge is 0.497 e. The van der Waals surface area contributed by atoms with E-state index >= 15 is 0 Å². The van der Waals surface area contributed by atoms with E-state index < -0.39 is 0 Å². The van der Waals surface area contributed by atoms with E-state index in [-0.39, 0.29) is 6.61 Å². The van der Waals surface area contributed by atoms with Crippen molar-refractivity contribution in [1.82, 2.24) is 4.98 Å². The number of H-pyrrole nitrogens is 1. The monoisotopic (exact) mass is 205 g/mol. The molecule has 15 heavy (non-hydrogen) atoms. The summed E-state index contributed by atoms with van der Waals surface area (Å²) in [6.07, 6.45) is 0.693. The van der Waals surface area contributed by atoms with E-state index in [4.69, 9.17) is 9.84 Å². The maximum absolute atomic E-state index is 8.98. The van der Waals surface area contributed by atoms with Crippen molar-refractivity contribution < 1.29 is 9.84 Å². The second-order valence-electron chi connectivity index (χ2n) is 3.61. The highest BCUT2D eigenvalue weighted by atomic mass is 16.5. The highest BCUT2D eigenvalue weighted by molar-refractivity contribution is 5.85. The molecule has 0 saturated carbocycles. The van der Waals surface area contributed by atoms with Crippen LogP contribution < -0.4 is 4.74 Å². The standard InChI is InChI=1S/C12H15NO2/c1-8-10(5-6-14)11-4-3-9(15-2)7-12(11)13-8/h3-4,7,13-14H,5-6H2,1-2H3. The van der Waals surface area contributed by atoms with E-state index in [1.54, 1.807) is 7.11 Å². The Kier molecular flexibility index (Phi) is 2.64. The summed E-state index contributed by atoms with van der Waals surface area (Å²) in [6.45, 7) is 2.21. The number of hydrogen-bond donors (Lipinski definition) is 2. The molecular formula is C12H15NO2. The molecule has 0 spiro atoms. The lowest BCUT2D eigenvalue weighted by Crippen LogP contribution is -1.91. The minimum atomic E-state index is 0.180. The molecule has 0 atom stereocenters. The van der Waals surface area contributed by atoms with E-state index in [0.29, 0.717) is 6.42 Å². The Hall–Kier alpha value is -1.48. The van der Waals surface area contributed by atoms with Gasteiger partial charge in [-0.05, 0) is 31.0 Å². The Morgan fingerprint density at radius 2 is 2.20 bits per heavy atom. The zero-order valence-electron chi connectivity index (χ0n) is 9.00. The van der Waals surface area contributed by atoms with Crippen LogP contribution in [-0.2, 0) is 6.42 Å². The molecular weight excluding hydrogens is 190 g/mol. The predicted molar refractivity (Wildman–Crippen MR) is 60.4 cm³/mol. The molecule has 1 aromatic carbocycles. The van der Waals surface area contributed by atoms with Gasteiger partial charge < -0.3 is 14.8 Å². The van der Waals surface area contributed by atoms with Gasteiger partial charge in [0.2, 0.25) is 0 Å². The molecule has 80 valence electrons. The maximum atomic E-state index is 8.98. The smallest absolute Gasteiger partial charge is 0.120 e. The van der Waals surface area contributed by atoms with Gasteiger partial charge >= 0.3 is 0 Å². The predicted octanol–water partition coefficient (Wildman–Crippen LogP) is 2.02. The molecule has 0 radical (unpaired) electrons. The van der Waals surface area contributed by atoms with Crippen molar-refractivity contribution in [1.29, 1.82) is 0 Å². The van der Waals surface area contributed by atoms with Crippen LogP contribution in [0.1, 0.15) is 11.3 Å². The van der Waals surface area contributed by atoms with Crippen LogP contribution >= 0.6 is 0 Å². The summed E-state index contributed by atoms with van der Waals surface area (Å²) in [5.74, 6) is 0.847. The molecule has 0 fully saturated rings. The van der Waals surface area contributed by atoms with Gasteiger partial charge in [0.1, 0.15) is 5.75 Å². The van der Waals surface area contributed by atoms with Crippen LogP contribution in [0, 0.1) is 6.92 Å². The van der Waals surface area contributed by atoms with E-state index in [1.807, 2.05) is 25.1 Å². The van der Waals surface area contributed by atoms with E-state index in [1.165, 1.54) is 10.9 Å². The van der Waals surface area contributed by atoms with Gasteiger partial charge in [-0.3, -0.25) is 0 Å². The average Bonchev–Trinajstić information content (AvgIpc) is 2.55. The maximum Gasteiger partial charge on any atom is 0.120 e. The van der Waals surface area contributed by atoms with Crippen molar-refractivity contribution in [3.05, 3.63) is 29.5 Å². The number of fused-ring (bicyclic) bond motifs is 1. The lowest BCUT2D eigenvalue weighted by atomic mass is 10.1. The Morgan fingerprint density at radius 3 is 2.87 bits per heavy atom. The SMILES string of the molecule is COc1ccc2c(CCO)c(C)[nH]c2c1. The lowest BCUT2D eigenvalue weighted by molar-refractivity contribution is 0.300. The van der Waals surface area contributed by atoms with Crippen molar-refractivity contribution in [3.63, 3.8) is 0 Å². The van der Waals surface area contributed by atoms with Crippen molar-refractivity contribution in [2.45, 2.75) is 13.3 Å². The van der Waals surface area contributed by atoms with Gasteiger partial charge in [-0.25, -0.2) is 0 Å². The van der Waals surface area contributed by atoms with E-state index in [2.05, 4.69) is 4.98 Å². The molecule has 3 heteroatoms. The highest BCUT2D eigenvalue weighted by Gasteiger charge is 2.08. The summed E-state index contributed by atoms with van der Waals surface area (Å²) < 4.78 is 5.16. The summed E-state index contributed by atoms with van der Waals surface area (Å²) in [5, 5.41) is 10.2. The number of hydrogen-bond acceptors (Lipinski definition) is 2. The number of nitrogens with one attached hydrogen (secondary N) is 1. The van der Waals surface area contributed by atoms with Crippen LogP contribution in [0.3, 0.4) is 0 Å². The summed E-state index contributed by atoms with van der Waals surface area (Å²) >= 11 is 0. The highest BCUT2D eigenvalue weighted by Crippen LogP contribution is 2.26. The normalized spacial score (nSPS) is 10.9. The first-order chi connectivity index (χ1) is 7.26. The van der Waals surface area contributed by atoms with Gasteiger partial charge in [-0.2, -0.15) is 0 Å². The van der Waals surface area contributed by atoms with Gasteiger partial charge in [0, 0.05) is 29.3 Å². The van der Waals surface area contributed by atoms with Crippen LogP contribution in [0.4, 0.5) is 0 Å². The van der Waals surface area contributed by atoms with Crippen LogP contribution in [-0.4, -0.2) is 23.8 Å². The molecule has 0 bridgehead atoms. The van der Waals surface area contributed by atoms with Gasteiger partial charge in [0.25, 0.3) is 0 Å². The second-order valence-corrected chi connectivity index (χ2v) is 3.61. The van der Waals surface area contributed by atoms with Crippen molar-refractivity contribution in [2.24, 2.45) is 0 Å². The quantitative estimate of drug-likeness (QED) is 0.805. The summed E-state index contributed by atoms with van der Waals surface area (Å²) in [4.78, 5) is 3.30. The van der Waals surface area contributed by atoms with Crippen LogP contribution in [0.15, 0.2) is 18.2 Å². The zero-order chi connectivity index (χ0) is 10.8. The van der Waals surface area contributed by atoms with Gasteiger partial charge in [0.05, 0.1) is 7.11 Å². The van der Waals surface area contributed by atoms with Gasteiger partial charge in [0.15, 0.2) is 0 Å². The number of aliphatic hydroxyl groups is 1. The number of aromatic nitrogens is 1. The number of ether oxygens (including phenoxy) is 1. The first-order valence-electron chi connectivity index (χ1n) is 5.02. The topological polar surface area (TPSA) is 45.2 Å². The molecule has 0 amide bonds. The summed E-state index contributed by atoms with van der Waals surface area (Å²) in [5.41, 5.74) is 3.37. The number of methoxy groups -OCH3 is 1. The number of aromatic amines is 1. The zero-order valence-corrected chi connectivity index (χ0v) is 9.00. The molecule has 0 unspecified atom stereocenters. The molecule has 2 aromatic rings. The molecule has 0 aliphatic heterocycles. The molecule has 0 aliphatic carbocycles. The minimum Gasteiger partial charge on any atom is -0.497 e. The van der Waals surface area contributed by atoms with Gasteiger partial charge in [-0.1, -0.05) is 0 Å². The average molecular weight is 205 g/mol. The number of rotatable bonds is 3. The van der Waals surface area contributed by atoms with Crippen LogP contribution in [0.2, 0.25) is 0 Å². The van der Waals surface area contributed by atoms with Gasteiger partial charge in [-0.15, -0.1) is 0 Å². The number of aryl methyl sites for hydroxylation is 1. The molecule has 3 nitrogen and oxygen atoms in total. The first kappa shape index (κ1) is 10.1. The fourth-order valence-electron chi connectivity index (χ4n) is 1.93. The molecule has 1 heterocycles. The van der Waals surface area contributed by atoms with Crippen LogP contribution in [0.25, 0.3) is 10.9 Å². The summed E-state index contributed by atoms with van der Waals surface area (Å²) in [7, 11) is 1.66. The number of aliphatic hydroxyl groups excluding tert-OH is 1. The Labute approximate surface area is 88.7 Å². The van der Waals surface area contributed by atoms with E-state index in [9.17, 15) is 0 Å². The lowest BCUT2D eigenvalue weighted by Gasteiger charge is -2.00. The third-order valence-electron chi connectivity index (χ3n) is 2.69. The Morgan fingerprint density at radius 1 is 1.40 bits per heavy atom. The summed E-state index contributed by atoms with van der Waals surface area (Å²) in [6, 6.07) is 5.95.